The van der Waals surface area contributed by atoms with Crippen LogP contribution >= 0.6 is 0 Å². The van der Waals surface area contributed by atoms with Crippen molar-refractivity contribution in [1.29, 1.82) is 0 Å². The first-order valence-corrected chi connectivity index (χ1v) is 6.84. The highest BCUT2D eigenvalue weighted by atomic mass is 16.4. The van der Waals surface area contributed by atoms with Crippen molar-refractivity contribution in [2.75, 3.05) is 6.54 Å². The van der Waals surface area contributed by atoms with Gasteiger partial charge in [0.2, 0.25) is 0 Å². The summed E-state index contributed by atoms with van der Waals surface area (Å²) in [7, 11) is 0. The van der Waals surface area contributed by atoms with Gasteiger partial charge in [0.25, 0.3) is 0 Å². The molecule has 1 rings (SSSR count). The van der Waals surface area contributed by atoms with Gasteiger partial charge < -0.3 is 5.11 Å². The molecule has 1 aliphatic rings. The highest BCUT2D eigenvalue weighted by molar-refractivity contribution is 5.69. The summed E-state index contributed by atoms with van der Waals surface area (Å²) in [5.41, 5.74) is -0.0617. The predicted molar refractivity (Wildman–Crippen MR) is 70.1 cm³/mol. The van der Waals surface area contributed by atoms with E-state index in [1.54, 1.807) is 0 Å². The molecule has 1 aliphatic carbocycles. The smallest absolute Gasteiger partial charge is 0.317 e. The fourth-order valence-corrected chi connectivity index (χ4v) is 3.07. The highest BCUT2D eigenvalue weighted by Crippen LogP contribution is 2.33. The minimum Gasteiger partial charge on any atom is -0.480 e. The zero-order chi connectivity index (χ0) is 13.1. The highest BCUT2D eigenvalue weighted by Gasteiger charge is 2.35. The lowest BCUT2D eigenvalue weighted by Crippen LogP contribution is -2.53. The normalized spacial score (nSPS) is 26.2. The molecule has 0 aromatic rings. The molecule has 1 saturated carbocycles. The van der Waals surface area contributed by atoms with Crippen molar-refractivity contribution >= 4 is 5.97 Å². The summed E-state index contributed by atoms with van der Waals surface area (Å²) in [5, 5.41) is 9.10. The monoisotopic (exact) mass is 241 g/mol. The van der Waals surface area contributed by atoms with E-state index in [0.717, 1.165) is 12.8 Å². The lowest BCUT2D eigenvalue weighted by atomic mass is 9.80. The molecule has 0 aliphatic heterocycles. The fourth-order valence-electron chi connectivity index (χ4n) is 3.07. The van der Waals surface area contributed by atoms with Crippen LogP contribution in [0.1, 0.15) is 59.8 Å². The van der Waals surface area contributed by atoms with Gasteiger partial charge in [-0.3, -0.25) is 9.69 Å². The fraction of sp³-hybridized carbons (Fsp3) is 0.929. The zero-order valence-corrected chi connectivity index (χ0v) is 11.7. The maximum atomic E-state index is 11.1. The third-order valence-electron chi connectivity index (χ3n) is 3.96. The van der Waals surface area contributed by atoms with Gasteiger partial charge in [0.1, 0.15) is 0 Å². The van der Waals surface area contributed by atoms with Gasteiger partial charge in [-0.25, -0.2) is 0 Å². The van der Waals surface area contributed by atoms with E-state index in [2.05, 4.69) is 32.6 Å². The quantitative estimate of drug-likeness (QED) is 0.822. The molecular formula is C14H27NO2. The Hall–Kier alpha value is -0.570. The van der Waals surface area contributed by atoms with Crippen LogP contribution in [0.25, 0.3) is 0 Å². The van der Waals surface area contributed by atoms with Crippen LogP contribution in [0.15, 0.2) is 0 Å². The van der Waals surface area contributed by atoms with Gasteiger partial charge in [0.05, 0.1) is 6.54 Å². The van der Waals surface area contributed by atoms with Crippen molar-refractivity contribution in [3.05, 3.63) is 0 Å². The standard InChI is InChI=1S/C14H27NO2/c1-5-11-8-6-7-9-12(11)15(10-13(16)17)14(2,3)4/h11-12H,5-10H2,1-4H3,(H,16,17). The van der Waals surface area contributed by atoms with Gasteiger partial charge in [-0.2, -0.15) is 0 Å². The molecule has 0 bridgehead atoms. The first kappa shape index (κ1) is 14.5. The Bertz CT molecular complexity index is 257. The molecule has 3 nitrogen and oxygen atoms in total. The summed E-state index contributed by atoms with van der Waals surface area (Å²) in [4.78, 5) is 13.2. The topological polar surface area (TPSA) is 40.5 Å². The number of nitrogens with zero attached hydrogens (tertiary/aromatic N) is 1. The largest absolute Gasteiger partial charge is 0.480 e. The minimum absolute atomic E-state index is 0.0617. The van der Waals surface area contributed by atoms with Crippen molar-refractivity contribution < 1.29 is 9.90 Å². The van der Waals surface area contributed by atoms with E-state index in [0.29, 0.717) is 12.0 Å². The van der Waals surface area contributed by atoms with Gasteiger partial charge >= 0.3 is 5.97 Å². The second-order valence-corrected chi connectivity index (χ2v) is 6.21. The number of hydrogen-bond donors (Lipinski definition) is 1. The Labute approximate surface area is 105 Å². The maximum absolute atomic E-state index is 11.1. The molecule has 0 saturated heterocycles. The molecule has 2 unspecified atom stereocenters. The molecule has 0 aromatic heterocycles. The van der Waals surface area contributed by atoms with Gasteiger partial charge in [0.15, 0.2) is 0 Å². The lowest BCUT2D eigenvalue weighted by Gasteiger charge is -2.46. The number of hydrogen-bond acceptors (Lipinski definition) is 2. The maximum Gasteiger partial charge on any atom is 0.317 e. The molecule has 100 valence electrons. The first-order valence-electron chi connectivity index (χ1n) is 6.84. The van der Waals surface area contributed by atoms with Crippen molar-refractivity contribution in [2.24, 2.45) is 5.92 Å². The Morgan fingerprint density at radius 1 is 1.29 bits per heavy atom. The predicted octanol–water partition coefficient (Wildman–Crippen LogP) is 3.14. The number of aliphatic carboxylic acids is 1. The van der Waals surface area contributed by atoms with E-state index in [-0.39, 0.29) is 12.1 Å². The summed E-state index contributed by atoms with van der Waals surface area (Å²) in [6, 6.07) is 0.449. The van der Waals surface area contributed by atoms with Crippen LogP contribution in [0.4, 0.5) is 0 Å². The van der Waals surface area contributed by atoms with Crippen LogP contribution in [-0.4, -0.2) is 34.1 Å². The second-order valence-electron chi connectivity index (χ2n) is 6.21. The van der Waals surface area contributed by atoms with Crippen LogP contribution in [0, 0.1) is 5.92 Å². The van der Waals surface area contributed by atoms with Crippen LogP contribution < -0.4 is 0 Å². The third-order valence-corrected chi connectivity index (χ3v) is 3.96. The third kappa shape index (κ3) is 3.98. The molecule has 17 heavy (non-hydrogen) atoms. The van der Waals surface area contributed by atoms with Gasteiger partial charge in [-0.05, 0) is 39.5 Å². The molecule has 2 atom stereocenters. The molecular weight excluding hydrogens is 214 g/mol. The van der Waals surface area contributed by atoms with E-state index in [1.807, 2.05) is 0 Å². The summed E-state index contributed by atoms with van der Waals surface area (Å²) in [5.74, 6) is -0.0392. The summed E-state index contributed by atoms with van der Waals surface area (Å²) in [6.07, 6.45) is 6.13. The van der Waals surface area contributed by atoms with Crippen molar-refractivity contribution in [3.63, 3.8) is 0 Å². The lowest BCUT2D eigenvalue weighted by molar-refractivity contribution is -0.141. The first-order chi connectivity index (χ1) is 7.86. The Morgan fingerprint density at radius 3 is 2.35 bits per heavy atom. The van der Waals surface area contributed by atoms with Crippen molar-refractivity contribution in [1.82, 2.24) is 4.90 Å². The molecule has 0 aromatic carbocycles. The molecule has 3 heteroatoms. The Kier molecular flexibility index (Phi) is 4.99. The van der Waals surface area contributed by atoms with Gasteiger partial charge in [-0.1, -0.05) is 26.2 Å². The van der Waals surface area contributed by atoms with E-state index in [1.165, 1.54) is 19.3 Å². The number of carbonyl (C=O) groups is 1. The van der Waals surface area contributed by atoms with Gasteiger partial charge in [0, 0.05) is 11.6 Å². The van der Waals surface area contributed by atoms with Crippen LogP contribution in [0.2, 0.25) is 0 Å². The van der Waals surface area contributed by atoms with Gasteiger partial charge in [-0.15, -0.1) is 0 Å². The molecule has 0 radical (unpaired) electrons. The average molecular weight is 241 g/mol. The SMILES string of the molecule is CCC1CCCCC1N(CC(=O)O)C(C)(C)C. The van der Waals surface area contributed by atoms with Crippen molar-refractivity contribution in [3.8, 4) is 0 Å². The van der Waals surface area contributed by atoms with E-state index in [9.17, 15) is 4.79 Å². The molecule has 1 N–H and O–H groups in total. The van der Waals surface area contributed by atoms with Crippen molar-refractivity contribution in [2.45, 2.75) is 71.4 Å². The summed E-state index contributed by atoms with van der Waals surface area (Å²) < 4.78 is 0. The molecule has 0 spiro atoms. The summed E-state index contributed by atoms with van der Waals surface area (Å²) in [6.45, 7) is 8.76. The van der Waals surface area contributed by atoms with Crippen LogP contribution in [0.5, 0.6) is 0 Å². The second kappa shape index (κ2) is 5.85. The Morgan fingerprint density at radius 2 is 1.88 bits per heavy atom. The summed E-state index contributed by atoms with van der Waals surface area (Å²) >= 11 is 0. The molecule has 1 fully saturated rings. The van der Waals surface area contributed by atoms with E-state index < -0.39 is 5.97 Å². The minimum atomic E-state index is -0.708. The number of rotatable bonds is 4. The molecule has 0 heterocycles. The zero-order valence-electron chi connectivity index (χ0n) is 11.7. The van der Waals surface area contributed by atoms with E-state index >= 15 is 0 Å². The van der Waals surface area contributed by atoms with Crippen LogP contribution in [-0.2, 0) is 4.79 Å². The van der Waals surface area contributed by atoms with Crippen LogP contribution in [0.3, 0.4) is 0 Å². The van der Waals surface area contributed by atoms with E-state index in [4.69, 9.17) is 5.11 Å². The number of carboxylic acid groups (broad SMARTS) is 1. The Balaban J connectivity index is 2.83. The number of carboxylic acids is 1. The molecule has 0 amide bonds. The average Bonchev–Trinajstić information content (AvgIpc) is 2.24.